The number of aromatic nitrogens is 4. The Morgan fingerprint density at radius 1 is 1.06 bits per heavy atom. The van der Waals surface area contributed by atoms with Crippen molar-refractivity contribution in [3.8, 4) is 28.6 Å². The predicted octanol–water partition coefficient (Wildman–Crippen LogP) is 5.67. The van der Waals surface area contributed by atoms with Crippen LogP contribution >= 0.6 is 23.4 Å². The number of halogens is 1. The molecule has 2 heterocycles. The second-order valence-electron chi connectivity index (χ2n) is 7.26. The van der Waals surface area contributed by atoms with Gasteiger partial charge in [-0.3, -0.25) is 4.79 Å². The number of ether oxygens (including phenoxy) is 1. The van der Waals surface area contributed by atoms with E-state index in [0.717, 1.165) is 33.7 Å². The summed E-state index contributed by atoms with van der Waals surface area (Å²) in [5, 5.41) is 12.0. The number of benzene rings is 3. The van der Waals surface area contributed by atoms with Gasteiger partial charge in [0.05, 0.1) is 23.9 Å². The fraction of sp³-hybridized carbons (Fsp3) is 0.0833. The molecule has 0 aliphatic rings. The van der Waals surface area contributed by atoms with Crippen molar-refractivity contribution >= 4 is 46.0 Å². The number of imidazole rings is 1. The highest BCUT2D eigenvalue weighted by molar-refractivity contribution is 7.99. The number of anilines is 1. The molecular weight excluding hydrogens is 474 g/mol. The SMILES string of the molecule is COc1ccc(NC(=O)CSc2nnc(-c3ccc4nc(-c5ccc(Cl)cc5)[nH]c4c3)o2)cc1. The molecule has 0 unspecified atom stereocenters. The minimum Gasteiger partial charge on any atom is -0.497 e. The van der Waals surface area contributed by atoms with Crippen LogP contribution in [0.25, 0.3) is 33.9 Å². The van der Waals surface area contributed by atoms with Crippen LogP contribution in [0, 0.1) is 0 Å². The van der Waals surface area contributed by atoms with E-state index in [9.17, 15) is 4.79 Å². The molecule has 0 radical (unpaired) electrons. The zero-order valence-corrected chi connectivity index (χ0v) is 19.5. The second-order valence-corrected chi connectivity index (χ2v) is 8.63. The maximum atomic E-state index is 12.2. The zero-order valence-electron chi connectivity index (χ0n) is 17.9. The van der Waals surface area contributed by atoms with Gasteiger partial charge in [-0.25, -0.2) is 4.98 Å². The molecule has 0 saturated heterocycles. The minimum absolute atomic E-state index is 0.137. The number of H-pyrrole nitrogens is 1. The Bertz CT molecular complexity index is 1450. The van der Waals surface area contributed by atoms with Crippen molar-refractivity contribution in [3.05, 3.63) is 71.8 Å². The van der Waals surface area contributed by atoms with Crippen molar-refractivity contribution in [2.75, 3.05) is 18.2 Å². The first-order chi connectivity index (χ1) is 16.6. The Kier molecular flexibility index (Phi) is 6.20. The fourth-order valence-corrected chi connectivity index (χ4v) is 3.96. The molecule has 0 fully saturated rings. The molecule has 3 aromatic carbocycles. The highest BCUT2D eigenvalue weighted by Crippen LogP contribution is 2.28. The Morgan fingerprint density at radius 3 is 2.59 bits per heavy atom. The molecule has 0 atom stereocenters. The number of aromatic amines is 1. The quantitative estimate of drug-likeness (QED) is 0.282. The number of fused-ring (bicyclic) bond motifs is 1. The van der Waals surface area contributed by atoms with Crippen molar-refractivity contribution in [1.82, 2.24) is 20.2 Å². The maximum absolute atomic E-state index is 12.2. The Balaban J connectivity index is 1.24. The standard InChI is InChI=1S/C24H18ClN5O3S/c1-32-18-9-7-17(8-10-18)26-21(31)13-34-24-30-29-23(33-24)15-4-11-19-20(12-15)28-22(27-19)14-2-5-16(25)6-3-14/h2-12H,13H2,1H3,(H,26,31)(H,27,28). The summed E-state index contributed by atoms with van der Waals surface area (Å²) in [6, 6.07) is 20.2. The maximum Gasteiger partial charge on any atom is 0.277 e. The third-order valence-corrected chi connectivity index (χ3v) is 6.02. The predicted molar refractivity (Wildman–Crippen MR) is 132 cm³/mol. The molecule has 34 heavy (non-hydrogen) atoms. The molecule has 0 aliphatic carbocycles. The number of methoxy groups -OCH3 is 1. The topological polar surface area (TPSA) is 106 Å². The van der Waals surface area contributed by atoms with E-state index in [0.29, 0.717) is 21.8 Å². The molecule has 10 heteroatoms. The first-order valence-corrected chi connectivity index (χ1v) is 11.6. The smallest absolute Gasteiger partial charge is 0.277 e. The lowest BCUT2D eigenvalue weighted by atomic mass is 10.2. The molecule has 5 rings (SSSR count). The summed E-state index contributed by atoms with van der Waals surface area (Å²) in [6.45, 7) is 0. The molecule has 2 aromatic heterocycles. The van der Waals surface area contributed by atoms with Crippen LogP contribution in [-0.2, 0) is 4.79 Å². The number of amides is 1. The molecule has 5 aromatic rings. The lowest BCUT2D eigenvalue weighted by Crippen LogP contribution is -2.13. The minimum atomic E-state index is -0.177. The van der Waals surface area contributed by atoms with Gasteiger partial charge in [0, 0.05) is 21.8 Å². The molecule has 0 bridgehead atoms. The van der Waals surface area contributed by atoms with Crippen LogP contribution in [0.1, 0.15) is 0 Å². The van der Waals surface area contributed by atoms with Crippen molar-refractivity contribution in [3.63, 3.8) is 0 Å². The van der Waals surface area contributed by atoms with Gasteiger partial charge in [-0.2, -0.15) is 0 Å². The largest absolute Gasteiger partial charge is 0.497 e. The van der Waals surface area contributed by atoms with Gasteiger partial charge >= 0.3 is 0 Å². The van der Waals surface area contributed by atoms with Gasteiger partial charge < -0.3 is 19.5 Å². The van der Waals surface area contributed by atoms with E-state index in [2.05, 4.69) is 25.5 Å². The summed E-state index contributed by atoms with van der Waals surface area (Å²) < 4.78 is 10.9. The Hall–Kier alpha value is -3.82. The van der Waals surface area contributed by atoms with E-state index in [4.69, 9.17) is 20.8 Å². The van der Waals surface area contributed by atoms with Crippen LogP contribution in [0.15, 0.2) is 76.4 Å². The van der Waals surface area contributed by atoms with Gasteiger partial charge in [-0.1, -0.05) is 23.4 Å². The van der Waals surface area contributed by atoms with E-state index in [1.54, 1.807) is 31.4 Å². The molecule has 0 spiro atoms. The average Bonchev–Trinajstić information content (AvgIpc) is 3.50. The number of nitrogens with one attached hydrogen (secondary N) is 2. The Labute approximate surface area is 203 Å². The van der Waals surface area contributed by atoms with Crippen LogP contribution in [-0.4, -0.2) is 38.9 Å². The average molecular weight is 492 g/mol. The van der Waals surface area contributed by atoms with Crippen molar-refractivity contribution in [2.24, 2.45) is 0 Å². The number of carbonyl (C=O) groups is 1. The molecule has 170 valence electrons. The van der Waals surface area contributed by atoms with Crippen LogP contribution in [0.5, 0.6) is 5.75 Å². The zero-order chi connectivity index (χ0) is 23.5. The van der Waals surface area contributed by atoms with Crippen molar-refractivity contribution < 1.29 is 13.9 Å². The summed E-state index contributed by atoms with van der Waals surface area (Å²) in [5.41, 5.74) is 4.03. The number of hydrogen-bond acceptors (Lipinski definition) is 7. The number of nitrogens with zero attached hydrogens (tertiary/aromatic N) is 3. The molecule has 2 N–H and O–H groups in total. The van der Waals surface area contributed by atoms with E-state index in [-0.39, 0.29) is 11.7 Å². The van der Waals surface area contributed by atoms with Gasteiger partial charge in [-0.15, -0.1) is 10.2 Å². The summed E-state index contributed by atoms with van der Waals surface area (Å²) >= 11 is 7.14. The molecule has 0 saturated carbocycles. The summed E-state index contributed by atoms with van der Waals surface area (Å²) in [6.07, 6.45) is 0. The van der Waals surface area contributed by atoms with Crippen LogP contribution in [0.2, 0.25) is 5.02 Å². The summed E-state index contributed by atoms with van der Waals surface area (Å²) in [7, 11) is 1.59. The highest BCUT2D eigenvalue weighted by Gasteiger charge is 2.13. The molecule has 0 aliphatic heterocycles. The first-order valence-electron chi connectivity index (χ1n) is 10.2. The normalized spacial score (nSPS) is 11.0. The van der Waals surface area contributed by atoms with Crippen molar-refractivity contribution in [1.29, 1.82) is 0 Å². The molecule has 8 nitrogen and oxygen atoms in total. The lowest BCUT2D eigenvalue weighted by Gasteiger charge is -2.05. The van der Waals surface area contributed by atoms with E-state index >= 15 is 0 Å². The van der Waals surface area contributed by atoms with Gasteiger partial charge in [0.15, 0.2) is 0 Å². The van der Waals surface area contributed by atoms with E-state index in [1.165, 1.54) is 11.8 Å². The highest BCUT2D eigenvalue weighted by atomic mass is 35.5. The Morgan fingerprint density at radius 2 is 1.82 bits per heavy atom. The number of rotatable bonds is 7. The van der Waals surface area contributed by atoms with Crippen LogP contribution < -0.4 is 10.1 Å². The van der Waals surface area contributed by atoms with Gasteiger partial charge in [0.1, 0.15) is 11.6 Å². The summed E-state index contributed by atoms with van der Waals surface area (Å²) in [4.78, 5) is 20.2. The molecule has 1 amide bonds. The third-order valence-electron chi connectivity index (χ3n) is 4.95. The number of hydrogen-bond donors (Lipinski definition) is 2. The van der Waals surface area contributed by atoms with Gasteiger partial charge in [0.25, 0.3) is 5.22 Å². The van der Waals surface area contributed by atoms with Crippen molar-refractivity contribution in [2.45, 2.75) is 5.22 Å². The van der Waals surface area contributed by atoms with E-state index in [1.807, 2.05) is 42.5 Å². The summed E-state index contributed by atoms with van der Waals surface area (Å²) in [5.74, 6) is 1.79. The number of carbonyl (C=O) groups excluding carboxylic acids is 1. The number of thioether (sulfide) groups is 1. The van der Waals surface area contributed by atoms with Crippen LogP contribution in [0.3, 0.4) is 0 Å². The van der Waals surface area contributed by atoms with E-state index < -0.39 is 0 Å². The lowest BCUT2D eigenvalue weighted by molar-refractivity contribution is -0.113. The monoisotopic (exact) mass is 491 g/mol. The first kappa shape index (κ1) is 22.0. The van der Waals surface area contributed by atoms with Crippen LogP contribution in [0.4, 0.5) is 5.69 Å². The molecular formula is C24H18ClN5O3S. The van der Waals surface area contributed by atoms with Gasteiger partial charge in [0.2, 0.25) is 11.8 Å². The second kappa shape index (κ2) is 9.58. The van der Waals surface area contributed by atoms with Gasteiger partial charge in [-0.05, 0) is 66.7 Å². The third kappa shape index (κ3) is 4.90. The fourth-order valence-electron chi connectivity index (χ4n) is 3.27.